The first kappa shape index (κ1) is 9.41. The predicted octanol–water partition coefficient (Wildman–Crippen LogP) is -1.03. The largest absolute Gasteiger partial charge is 0.391 e. The maximum Gasteiger partial charge on any atom is 0.223 e. The Labute approximate surface area is 83.8 Å². The van der Waals surface area contributed by atoms with Crippen molar-refractivity contribution in [3.63, 3.8) is 0 Å². The summed E-state index contributed by atoms with van der Waals surface area (Å²) in [7, 11) is 0. The van der Waals surface area contributed by atoms with Gasteiger partial charge in [-0.25, -0.2) is 0 Å². The van der Waals surface area contributed by atoms with Crippen molar-refractivity contribution < 1.29 is 5.11 Å². The van der Waals surface area contributed by atoms with Crippen molar-refractivity contribution >= 4 is 22.8 Å². The molecule has 0 bridgehead atoms. The van der Waals surface area contributed by atoms with E-state index in [-0.39, 0.29) is 40.4 Å². The molecule has 2 aromatic rings. The van der Waals surface area contributed by atoms with Gasteiger partial charge in [0.1, 0.15) is 16.9 Å². The summed E-state index contributed by atoms with van der Waals surface area (Å²) in [6.45, 7) is -0.366. The Kier molecular flexibility index (Phi) is 2.01. The number of fused-ring (bicyclic) bond motifs is 1. The lowest BCUT2D eigenvalue weighted by Gasteiger charge is -2.03. The highest BCUT2D eigenvalue weighted by molar-refractivity contribution is 5.86. The molecule has 0 radical (unpaired) electrons. The van der Waals surface area contributed by atoms with E-state index in [0.717, 1.165) is 0 Å². The van der Waals surface area contributed by atoms with E-state index < -0.39 is 0 Å². The smallest absolute Gasteiger partial charge is 0.223 e. The third-order valence-corrected chi connectivity index (χ3v) is 2.03. The molecule has 2 heterocycles. The zero-order valence-corrected chi connectivity index (χ0v) is 7.69. The van der Waals surface area contributed by atoms with Gasteiger partial charge in [-0.15, -0.1) is 0 Å². The van der Waals surface area contributed by atoms with E-state index in [9.17, 15) is 4.79 Å². The van der Waals surface area contributed by atoms with Crippen LogP contribution < -0.4 is 16.9 Å². The summed E-state index contributed by atoms with van der Waals surface area (Å²) in [4.78, 5) is 21.9. The molecule has 2 rings (SSSR count). The van der Waals surface area contributed by atoms with E-state index in [2.05, 4.69) is 15.0 Å². The van der Waals surface area contributed by atoms with Gasteiger partial charge in [-0.05, 0) is 0 Å². The number of aromatic nitrogens is 3. The number of nitrogens with one attached hydrogen (secondary N) is 1. The lowest BCUT2D eigenvalue weighted by atomic mass is 10.2. The lowest BCUT2D eigenvalue weighted by molar-refractivity contribution is 0.280. The van der Waals surface area contributed by atoms with E-state index in [0.29, 0.717) is 0 Å². The first-order valence-corrected chi connectivity index (χ1v) is 4.17. The molecule has 0 spiro atoms. The highest BCUT2D eigenvalue weighted by Gasteiger charge is 2.10. The Hall–Kier alpha value is -2.15. The first-order chi connectivity index (χ1) is 7.13. The van der Waals surface area contributed by atoms with Crippen molar-refractivity contribution in [1.29, 1.82) is 0 Å². The Bertz CT molecular complexity index is 577. The number of hydrogen-bond acceptors (Lipinski definition) is 6. The van der Waals surface area contributed by atoms with Crippen molar-refractivity contribution in [3.05, 3.63) is 22.0 Å². The van der Waals surface area contributed by atoms with Gasteiger partial charge in [0.25, 0.3) is 0 Å². The highest BCUT2D eigenvalue weighted by atomic mass is 16.3. The van der Waals surface area contributed by atoms with Crippen molar-refractivity contribution in [1.82, 2.24) is 15.0 Å². The quantitative estimate of drug-likeness (QED) is 0.473. The fourth-order valence-corrected chi connectivity index (χ4v) is 1.32. The number of aromatic amines is 1. The molecule has 7 heteroatoms. The molecule has 0 atom stereocenters. The fraction of sp³-hybridized carbons (Fsp3) is 0.125. The van der Waals surface area contributed by atoms with Gasteiger partial charge in [0.05, 0.1) is 6.61 Å². The number of anilines is 2. The summed E-state index contributed by atoms with van der Waals surface area (Å²) in [5.41, 5.74) is 11.0. The number of aliphatic hydroxyl groups is 1. The van der Waals surface area contributed by atoms with E-state index in [1.807, 2.05) is 0 Å². The van der Waals surface area contributed by atoms with Crippen molar-refractivity contribution in [2.24, 2.45) is 0 Å². The SMILES string of the molecule is Nc1nc(N)c2c(=O)c(CO)c[nH]c2n1. The van der Waals surface area contributed by atoms with E-state index in [1.54, 1.807) is 0 Å². The molecule has 0 unspecified atom stereocenters. The van der Waals surface area contributed by atoms with Crippen LogP contribution in [0.5, 0.6) is 0 Å². The van der Waals surface area contributed by atoms with Crippen LogP contribution >= 0.6 is 0 Å². The van der Waals surface area contributed by atoms with Gasteiger partial charge in [-0.3, -0.25) is 4.79 Å². The predicted molar refractivity (Wildman–Crippen MR) is 54.9 cm³/mol. The molecule has 0 fully saturated rings. The number of nitrogen functional groups attached to an aromatic ring is 2. The standard InChI is InChI=1S/C8H9N5O2/c9-6-4-5(15)3(2-14)1-11-7(4)13-8(10)12-6/h1,14H,2H2,(H5,9,10,11,12,13,15). The summed E-state index contributed by atoms with van der Waals surface area (Å²) in [6, 6.07) is 0. The zero-order chi connectivity index (χ0) is 11.0. The average molecular weight is 207 g/mol. The molecule has 0 amide bonds. The normalized spacial score (nSPS) is 10.7. The Morgan fingerprint density at radius 1 is 1.40 bits per heavy atom. The van der Waals surface area contributed by atoms with Crippen molar-refractivity contribution in [3.8, 4) is 0 Å². The van der Waals surface area contributed by atoms with Gasteiger partial charge < -0.3 is 21.6 Å². The van der Waals surface area contributed by atoms with Gasteiger partial charge in [-0.2, -0.15) is 9.97 Å². The maximum absolute atomic E-state index is 11.7. The van der Waals surface area contributed by atoms with E-state index in [4.69, 9.17) is 16.6 Å². The van der Waals surface area contributed by atoms with Gasteiger partial charge in [0, 0.05) is 11.8 Å². The molecular formula is C8H9N5O2. The molecule has 15 heavy (non-hydrogen) atoms. The number of rotatable bonds is 1. The summed E-state index contributed by atoms with van der Waals surface area (Å²) >= 11 is 0. The highest BCUT2D eigenvalue weighted by Crippen LogP contribution is 2.12. The van der Waals surface area contributed by atoms with Gasteiger partial charge >= 0.3 is 0 Å². The van der Waals surface area contributed by atoms with Gasteiger partial charge in [0.15, 0.2) is 5.43 Å². The Balaban J connectivity index is 2.93. The summed E-state index contributed by atoms with van der Waals surface area (Å²) in [6.07, 6.45) is 1.37. The molecule has 0 saturated heterocycles. The molecule has 0 aliphatic carbocycles. The van der Waals surface area contributed by atoms with Gasteiger partial charge in [0.2, 0.25) is 5.95 Å². The molecule has 7 nitrogen and oxygen atoms in total. The molecular weight excluding hydrogens is 198 g/mol. The molecule has 0 aliphatic rings. The van der Waals surface area contributed by atoms with Crippen LogP contribution in [0.2, 0.25) is 0 Å². The Morgan fingerprint density at radius 3 is 2.80 bits per heavy atom. The van der Waals surface area contributed by atoms with Crippen LogP contribution in [0.3, 0.4) is 0 Å². The molecule has 6 N–H and O–H groups in total. The van der Waals surface area contributed by atoms with Gasteiger partial charge in [-0.1, -0.05) is 0 Å². The third-order valence-electron chi connectivity index (χ3n) is 2.03. The van der Waals surface area contributed by atoms with Crippen LogP contribution in [0.25, 0.3) is 11.0 Å². The van der Waals surface area contributed by atoms with Crippen LogP contribution in [-0.2, 0) is 6.61 Å². The van der Waals surface area contributed by atoms with E-state index >= 15 is 0 Å². The topological polar surface area (TPSA) is 131 Å². The van der Waals surface area contributed by atoms with E-state index in [1.165, 1.54) is 6.20 Å². The second kappa shape index (κ2) is 3.21. The average Bonchev–Trinajstić information content (AvgIpc) is 2.17. The number of hydrogen-bond donors (Lipinski definition) is 4. The minimum absolute atomic E-state index is 0.00704. The number of H-pyrrole nitrogens is 1. The maximum atomic E-state index is 11.7. The molecule has 0 aromatic carbocycles. The van der Waals surface area contributed by atoms with Crippen molar-refractivity contribution in [2.45, 2.75) is 6.61 Å². The van der Waals surface area contributed by atoms with Crippen LogP contribution in [0.1, 0.15) is 5.56 Å². The lowest BCUT2D eigenvalue weighted by Crippen LogP contribution is -2.14. The first-order valence-electron chi connectivity index (χ1n) is 4.17. The minimum atomic E-state index is -0.385. The number of aliphatic hydroxyl groups excluding tert-OH is 1. The third kappa shape index (κ3) is 1.38. The number of nitrogens with zero attached hydrogens (tertiary/aromatic N) is 2. The molecule has 78 valence electrons. The fourth-order valence-electron chi connectivity index (χ4n) is 1.32. The second-order valence-electron chi connectivity index (χ2n) is 2.99. The molecule has 0 aliphatic heterocycles. The summed E-state index contributed by atoms with van der Waals surface area (Å²) < 4.78 is 0. The van der Waals surface area contributed by atoms with Crippen LogP contribution in [0.15, 0.2) is 11.0 Å². The second-order valence-corrected chi connectivity index (χ2v) is 2.99. The summed E-state index contributed by atoms with van der Waals surface area (Å²) in [5, 5.41) is 9.05. The van der Waals surface area contributed by atoms with Crippen LogP contribution in [-0.4, -0.2) is 20.1 Å². The minimum Gasteiger partial charge on any atom is -0.391 e. The van der Waals surface area contributed by atoms with Crippen LogP contribution in [0, 0.1) is 0 Å². The molecule has 2 aromatic heterocycles. The van der Waals surface area contributed by atoms with Crippen molar-refractivity contribution in [2.75, 3.05) is 11.5 Å². The number of pyridine rings is 1. The monoisotopic (exact) mass is 207 g/mol. The van der Waals surface area contributed by atoms with Crippen LogP contribution in [0.4, 0.5) is 11.8 Å². The Morgan fingerprint density at radius 2 is 2.13 bits per heavy atom. The molecule has 0 saturated carbocycles. The summed E-state index contributed by atoms with van der Waals surface area (Å²) in [5.74, 6) is 0.00134. The zero-order valence-electron chi connectivity index (χ0n) is 7.69. The number of nitrogens with two attached hydrogens (primary N) is 2.